The van der Waals surface area contributed by atoms with Crippen molar-refractivity contribution >= 4 is 46.3 Å². The van der Waals surface area contributed by atoms with Gasteiger partial charge in [0.05, 0.1) is 6.21 Å². The summed E-state index contributed by atoms with van der Waals surface area (Å²) < 4.78 is 5.37. The minimum absolute atomic E-state index is 0.00629. The summed E-state index contributed by atoms with van der Waals surface area (Å²) in [5, 5.41) is 16.5. The average Bonchev–Trinajstić information content (AvgIpc) is 3.38. The van der Waals surface area contributed by atoms with E-state index in [1.807, 2.05) is 36.5 Å². The predicted molar refractivity (Wildman–Crippen MR) is 148 cm³/mol. The number of ether oxygens (including phenoxy) is 1. The lowest BCUT2D eigenvalue weighted by Gasteiger charge is -2.26. The highest BCUT2D eigenvalue weighted by Crippen LogP contribution is 2.20. The van der Waals surface area contributed by atoms with Crippen molar-refractivity contribution in [1.29, 1.82) is 5.41 Å². The van der Waals surface area contributed by atoms with Gasteiger partial charge in [-0.2, -0.15) is 0 Å². The Hall–Kier alpha value is -4.31. The molecule has 1 aromatic heterocycles. The molecular formula is C29H33N5O5. The minimum Gasteiger partial charge on any atom is -0.381 e. The second-order valence-corrected chi connectivity index (χ2v) is 9.58. The van der Waals surface area contributed by atoms with E-state index in [9.17, 15) is 19.2 Å². The summed E-state index contributed by atoms with van der Waals surface area (Å²) in [5.74, 6) is -1.97. The van der Waals surface area contributed by atoms with Crippen molar-refractivity contribution in [2.24, 2.45) is 5.92 Å². The lowest BCUT2D eigenvalue weighted by atomic mass is 9.97. The van der Waals surface area contributed by atoms with Crippen LogP contribution in [0.3, 0.4) is 0 Å². The van der Waals surface area contributed by atoms with Gasteiger partial charge in [0, 0.05) is 54.8 Å². The first-order valence-electron chi connectivity index (χ1n) is 13.1. The van der Waals surface area contributed by atoms with Crippen LogP contribution < -0.4 is 16.0 Å². The highest BCUT2D eigenvalue weighted by atomic mass is 16.5. The molecule has 0 aliphatic carbocycles. The number of ketones is 1. The fourth-order valence-electron chi connectivity index (χ4n) is 4.63. The van der Waals surface area contributed by atoms with Crippen LogP contribution in [0.5, 0.6) is 0 Å². The highest BCUT2D eigenvalue weighted by molar-refractivity contribution is 6.26. The number of carbonyl (C=O) groups excluding carboxylic acids is 4. The van der Waals surface area contributed by atoms with Gasteiger partial charge in [-0.05, 0) is 43.0 Å². The molecule has 1 fully saturated rings. The first-order chi connectivity index (χ1) is 18.9. The number of aromatic amines is 1. The Bertz CT molecular complexity index is 1320. The molecule has 3 aromatic rings. The maximum Gasteiger partial charge on any atom is 0.246 e. The summed E-state index contributed by atoms with van der Waals surface area (Å²) in [5.41, 5.74) is 2.30. The van der Waals surface area contributed by atoms with Crippen LogP contribution >= 0.6 is 0 Å². The van der Waals surface area contributed by atoms with Gasteiger partial charge in [-0.3, -0.25) is 19.2 Å². The molecule has 0 radical (unpaired) electrons. The van der Waals surface area contributed by atoms with E-state index < -0.39 is 29.7 Å². The summed E-state index contributed by atoms with van der Waals surface area (Å²) >= 11 is 0. The van der Waals surface area contributed by atoms with Crippen molar-refractivity contribution in [3.63, 3.8) is 0 Å². The van der Waals surface area contributed by atoms with Gasteiger partial charge in [-0.15, -0.1) is 0 Å². The van der Waals surface area contributed by atoms with E-state index in [2.05, 4.69) is 20.9 Å². The third-order valence-electron chi connectivity index (χ3n) is 6.84. The van der Waals surface area contributed by atoms with Gasteiger partial charge in [-0.25, -0.2) is 0 Å². The van der Waals surface area contributed by atoms with Gasteiger partial charge in [0.15, 0.2) is 5.78 Å². The number of nitrogens with one attached hydrogen (secondary N) is 5. The van der Waals surface area contributed by atoms with Crippen molar-refractivity contribution < 1.29 is 23.9 Å². The van der Waals surface area contributed by atoms with Gasteiger partial charge in [0.1, 0.15) is 12.1 Å². The fraction of sp³-hybridized carbons (Fsp3) is 0.345. The molecule has 2 atom stereocenters. The number of anilines is 1. The number of hydrogen-bond acceptors (Lipinski definition) is 6. The van der Waals surface area contributed by atoms with Crippen molar-refractivity contribution in [1.82, 2.24) is 15.6 Å². The summed E-state index contributed by atoms with van der Waals surface area (Å²) in [6.45, 7) is 0.973. The number of fused-ring (bicyclic) bond motifs is 1. The number of H-pyrrole nitrogens is 1. The minimum atomic E-state index is -1.05. The third-order valence-corrected chi connectivity index (χ3v) is 6.84. The average molecular weight is 532 g/mol. The largest absolute Gasteiger partial charge is 0.381 e. The van der Waals surface area contributed by atoms with Crippen molar-refractivity contribution in [3.8, 4) is 0 Å². The molecule has 10 heteroatoms. The zero-order valence-electron chi connectivity index (χ0n) is 21.6. The van der Waals surface area contributed by atoms with Crippen LogP contribution in [0.4, 0.5) is 5.69 Å². The number of Topliss-reactive ketones (excluding diaryl/α,β-unsaturated/α-hetero) is 1. The molecule has 3 amide bonds. The van der Waals surface area contributed by atoms with Crippen LogP contribution in [0, 0.1) is 11.3 Å². The summed E-state index contributed by atoms with van der Waals surface area (Å²) in [6.07, 6.45) is 3.78. The number of aromatic nitrogens is 1. The Morgan fingerprint density at radius 2 is 1.67 bits per heavy atom. The van der Waals surface area contributed by atoms with Crippen LogP contribution in [0.2, 0.25) is 0 Å². The van der Waals surface area contributed by atoms with Crippen molar-refractivity contribution in [3.05, 3.63) is 66.4 Å². The normalized spacial score (nSPS) is 15.2. The Labute approximate surface area is 226 Å². The first kappa shape index (κ1) is 27.7. The van der Waals surface area contributed by atoms with Gasteiger partial charge in [0.25, 0.3) is 0 Å². The molecule has 10 nitrogen and oxygen atoms in total. The molecule has 39 heavy (non-hydrogen) atoms. The van der Waals surface area contributed by atoms with Gasteiger partial charge in [0.2, 0.25) is 17.7 Å². The third kappa shape index (κ3) is 7.61. The molecule has 5 N–H and O–H groups in total. The van der Waals surface area contributed by atoms with E-state index in [-0.39, 0.29) is 31.1 Å². The van der Waals surface area contributed by atoms with E-state index in [0.29, 0.717) is 38.0 Å². The lowest BCUT2D eigenvalue weighted by molar-refractivity contribution is -0.134. The van der Waals surface area contributed by atoms with E-state index >= 15 is 0 Å². The fourth-order valence-corrected chi connectivity index (χ4v) is 4.63. The Balaban J connectivity index is 1.54. The molecule has 204 valence electrons. The van der Waals surface area contributed by atoms with Gasteiger partial charge < -0.3 is 31.1 Å². The predicted octanol–water partition coefficient (Wildman–Crippen LogP) is 2.74. The molecular weight excluding hydrogens is 498 g/mol. The zero-order chi connectivity index (χ0) is 27.6. The van der Waals surface area contributed by atoms with Crippen LogP contribution in [-0.4, -0.2) is 60.0 Å². The van der Waals surface area contributed by atoms with Crippen LogP contribution in [0.1, 0.15) is 31.2 Å². The molecule has 4 rings (SSSR count). The highest BCUT2D eigenvalue weighted by Gasteiger charge is 2.30. The first-order valence-corrected chi connectivity index (χ1v) is 13.1. The summed E-state index contributed by atoms with van der Waals surface area (Å²) in [7, 11) is 0. The molecule has 1 aliphatic rings. The standard InChI is InChI=1S/C29H33N5O5/c30-17-22(35)10-11-25(28(37)32-21-6-2-1-3-7-21)33-29(38)26(34-27(36)19-12-14-39-15-13-19)16-20-18-31-24-9-5-4-8-23(20)24/h1-9,17-19,25-26,30-31H,10-16H2,(H,32,37)(H,33,38)(H,34,36)/t25-,26-/m0/s1. The Kier molecular flexibility index (Phi) is 9.58. The van der Waals surface area contributed by atoms with E-state index in [4.69, 9.17) is 10.1 Å². The van der Waals surface area contributed by atoms with Crippen LogP contribution in [0.15, 0.2) is 60.8 Å². The number of amides is 3. The molecule has 1 saturated heterocycles. The number of para-hydroxylation sites is 2. The lowest BCUT2D eigenvalue weighted by Crippen LogP contribution is -2.54. The number of benzene rings is 2. The van der Waals surface area contributed by atoms with Crippen molar-refractivity contribution in [2.45, 2.75) is 44.2 Å². The van der Waals surface area contributed by atoms with E-state index in [1.54, 1.807) is 24.3 Å². The number of rotatable bonds is 12. The summed E-state index contributed by atoms with van der Waals surface area (Å²) in [4.78, 5) is 54.9. The molecule has 0 saturated carbocycles. The second kappa shape index (κ2) is 13.5. The van der Waals surface area contributed by atoms with E-state index in [0.717, 1.165) is 16.5 Å². The Morgan fingerprint density at radius 3 is 2.41 bits per heavy atom. The number of carbonyl (C=O) groups is 4. The maximum absolute atomic E-state index is 13.6. The van der Waals surface area contributed by atoms with Crippen LogP contribution in [0.25, 0.3) is 10.9 Å². The number of hydrogen-bond donors (Lipinski definition) is 5. The van der Waals surface area contributed by atoms with E-state index in [1.165, 1.54) is 0 Å². The van der Waals surface area contributed by atoms with Gasteiger partial charge in [-0.1, -0.05) is 36.4 Å². The SMILES string of the molecule is N=CC(=O)CC[C@H](NC(=O)[C@H](Cc1c[nH]c2ccccc12)NC(=O)C1CCOCC1)C(=O)Nc1ccccc1. The molecule has 1 aliphatic heterocycles. The molecule has 0 spiro atoms. The monoisotopic (exact) mass is 531 g/mol. The molecule has 2 aromatic carbocycles. The molecule has 0 bridgehead atoms. The second-order valence-electron chi connectivity index (χ2n) is 9.58. The summed E-state index contributed by atoms with van der Waals surface area (Å²) in [6, 6.07) is 14.5. The topological polar surface area (TPSA) is 153 Å². The maximum atomic E-state index is 13.6. The quantitative estimate of drug-likeness (QED) is 0.228. The Morgan fingerprint density at radius 1 is 0.949 bits per heavy atom. The zero-order valence-corrected chi connectivity index (χ0v) is 21.6. The van der Waals surface area contributed by atoms with Crippen molar-refractivity contribution in [2.75, 3.05) is 18.5 Å². The van der Waals surface area contributed by atoms with Gasteiger partial charge >= 0.3 is 0 Å². The smallest absolute Gasteiger partial charge is 0.246 e. The molecule has 0 unspecified atom stereocenters. The van der Waals surface area contributed by atoms with Crippen LogP contribution in [-0.2, 0) is 30.3 Å². The molecule has 2 heterocycles.